The van der Waals surface area contributed by atoms with E-state index in [1.165, 1.54) is 24.3 Å². The summed E-state index contributed by atoms with van der Waals surface area (Å²) in [5, 5.41) is 0.396. The van der Waals surface area contributed by atoms with Gasteiger partial charge in [0.25, 0.3) is 5.91 Å². The summed E-state index contributed by atoms with van der Waals surface area (Å²) in [6, 6.07) is 13.3. The van der Waals surface area contributed by atoms with Gasteiger partial charge in [0.1, 0.15) is 6.04 Å². The van der Waals surface area contributed by atoms with Crippen molar-refractivity contribution in [2.24, 2.45) is 0 Å². The Hall–Kier alpha value is -2.42. The summed E-state index contributed by atoms with van der Waals surface area (Å²) in [6.07, 6.45) is 0.394. The van der Waals surface area contributed by atoms with Crippen LogP contribution in [0.1, 0.15) is 5.56 Å². The molecule has 2 rings (SSSR count). The summed E-state index contributed by atoms with van der Waals surface area (Å²) >= 11 is 5.76. The maximum atomic E-state index is 12.5. The van der Waals surface area contributed by atoms with Gasteiger partial charge in [-0.15, -0.1) is 0 Å². The topological polar surface area (TPSA) is 104 Å². The van der Waals surface area contributed by atoms with Crippen molar-refractivity contribution in [1.29, 1.82) is 0 Å². The Labute approximate surface area is 150 Å². The minimum Gasteiger partial charge on any atom is -0.277 e. The van der Waals surface area contributed by atoms with Crippen molar-refractivity contribution in [2.45, 2.75) is 17.4 Å². The molecule has 7 nitrogen and oxygen atoms in total. The molecule has 0 radical (unpaired) electrons. The molecular formula is C16H16ClN3O4S. The Morgan fingerprint density at radius 1 is 1.08 bits per heavy atom. The highest BCUT2D eigenvalue weighted by atomic mass is 35.5. The van der Waals surface area contributed by atoms with Crippen LogP contribution in [0.25, 0.3) is 0 Å². The van der Waals surface area contributed by atoms with Gasteiger partial charge in [-0.2, -0.15) is 4.72 Å². The first-order valence-corrected chi connectivity index (χ1v) is 9.09. The van der Waals surface area contributed by atoms with Crippen LogP contribution in [0.2, 0.25) is 5.02 Å². The lowest BCUT2D eigenvalue weighted by Gasteiger charge is -2.18. The van der Waals surface area contributed by atoms with E-state index in [4.69, 9.17) is 11.6 Å². The van der Waals surface area contributed by atoms with E-state index in [1.807, 2.05) is 11.5 Å². The summed E-state index contributed by atoms with van der Waals surface area (Å²) in [5.74, 6) is -0.687. The molecule has 0 aliphatic rings. The lowest BCUT2D eigenvalue weighted by atomic mass is 10.1. The predicted molar refractivity (Wildman–Crippen MR) is 93.0 cm³/mol. The summed E-state index contributed by atoms with van der Waals surface area (Å²) in [6.45, 7) is 0. The van der Waals surface area contributed by atoms with E-state index < -0.39 is 22.0 Å². The van der Waals surface area contributed by atoms with E-state index in [9.17, 15) is 18.0 Å². The summed E-state index contributed by atoms with van der Waals surface area (Å²) in [7, 11) is -3.95. The van der Waals surface area contributed by atoms with Gasteiger partial charge in [0.15, 0.2) is 0 Å². The van der Waals surface area contributed by atoms with Crippen LogP contribution in [0.4, 0.5) is 0 Å². The molecule has 0 fully saturated rings. The van der Waals surface area contributed by atoms with Gasteiger partial charge in [0.2, 0.25) is 16.4 Å². The van der Waals surface area contributed by atoms with Gasteiger partial charge < -0.3 is 0 Å². The second-order valence-corrected chi connectivity index (χ2v) is 7.22. The molecule has 0 aliphatic heterocycles. The third-order valence-electron chi connectivity index (χ3n) is 3.27. The molecule has 0 aromatic heterocycles. The molecule has 0 aliphatic carbocycles. The smallest absolute Gasteiger partial charge is 0.256 e. The van der Waals surface area contributed by atoms with Crippen LogP contribution >= 0.6 is 11.6 Å². The van der Waals surface area contributed by atoms with E-state index in [0.717, 1.165) is 5.56 Å². The van der Waals surface area contributed by atoms with Gasteiger partial charge in [-0.3, -0.25) is 20.4 Å². The van der Waals surface area contributed by atoms with Crippen molar-refractivity contribution >= 4 is 33.9 Å². The molecule has 9 heteroatoms. The molecule has 2 aromatic carbocycles. The van der Waals surface area contributed by atoms with Gasteiger partial charge in [0.05, 0.1) is 4.90 Å². The first-order valence-electron chi connectivity index (χ1n) is 7.23. The zero-order chi connectivity index (χ0) is 18.3. The number of nitrogens with one attached hydrogen (secondary N) is 3. The Morgan fingerprint density at radius 3 is 2.32 bits per heavy atom. The van der Waals surface area contributed by atoms with Crippen LogP contribution in [0.3, 0.4) is 0 Å². The van der Waals surface area contributed by atoms with Crippen LogP contribution in [0.15, 0.2) is 59.5 Å². The number of rotatable bonds is 8. The minimum atomic E-state index is -3.95. The molecule has 2 aromatic rings. The van der Waals surface area contributed by atoms with Crippen LogP contribution in [0, 0.1) is 0 Å². The van der Waals surface area contributed by atoms with E-state index in [-0.39, 0.29) is 17.7 Å². The standard InChI is InChI=1S/C16H16ClN3O4S/c17-13-6-8-14(9-7-13)25(23,24)20-15(16(22)19-18-11-21)10-12-4-2-1-3-5-12/h1-9,11,15,20H,10H2,(H,18,21)(H,19,22). The highest BCUT2D eigenvalue weighted by Gasteiger charge is 2.26. The van der Waals surface area contributed by atoms with Crippen LogP contribution < -0.4 is 15.6 Å². The number of carbonyl (C=O) groups excluding carboxylic acids is 2. The zero-order valence-corrected chi connectivity index (χ0v) is 14.5. The molecular weight excluding hydrogens is 366 g/mol. The summed E-state index contributed by atoms with van der Waals surface area (Å²) in [4.78, 5) is 22.5. The normalized spacial score (nSPS) is 12.2. The number of hydrogen-bond donors (Lipinski definition) is 3. The fraction of sp³-hybridized carbons (Fsp3) is 0.125. The second kappa shape index (κ2) is 8.61. The summed E-state index contributed by atoms with van der Waals surface area (Å²) < 4.78 is 27.3. The number of carbonyl (C=O) groups is 2. The number of halogens is 1. The van der Waals surface area contributed by atoms with Crippen LogP contribution in [0.5, 0.6) is 0 Å². The number of hydrazine groups is 1. The fourth-order valence-electron chi connectivity index (χ4n) is 2.09. The highest BCUT2D eigenvalue weighted by molar-refractivity contribution is 7.89. The van der Waals surface area contributed by atoms with Crippen LogP contribution in [-0.4, -0.2) is 26.8 Å². The number of benzene rings is 2. The van der Waals surface area contributed by atoms with Crippen molar-refractivity contribution in [3.8, 4) is 0 Å². The maximum Gasteiger partial charge on any atom is 0.256 e. The molecule has 132 valence electrons. The molecule has 0 saturated heterocycles. The first-order chi connectivity index (χ1) is 11.9. The molecule has 25 heavy (non-hydrogen) atoms. The Balaban J connectivity index is 2.23. The third-order valence-corrected chi connectivity index (χ3v) is 5.01. The number of hydrogen-bond acceptors (Lipinski definition) is 4. The molecule has 2 amide bonds. The number of amides is 2. The molecule has 0 bridgehead atoms. The van der Waals surface area contributed by atoms with Gasteiger partial charge in [0, 0.05) is 5.02 Å². The molecule has 0 spiro atoms. The van der Waals surface area contributed by atoms with Crippen molar-refractivity contribution in [1.82, 2.24) is 15.6 Å². The fourth-order valence-corrected chi connectivity index (χ4v) is 3.42. The Morgan fingerprint density at radius 2 is 1.72 bits per heavy atom. The minimum absolute atomic E-state index is 0.0221. The van der Waals surface area contributed by atoms with Crippen molar-refractivity contribution in [2.75, 3.05) is 0 Å². The van der Waals surface area contributed by atoms with E-state index >= 15 is 0 Å². The van der Waals surface area contributed by atoms with E-state index in [0.29, 0.717) is 5.02 Å². The van der Waals surface area contributed by atoms with E-state index in [1.54, 1.807) is 24.3 Å². The Bertz CT molecular complexity index is 826. The lowest BCUT2D eigenvalue weighted by molar-refractivity contribution is -0.126. The molecule has 1 unspecified atom stereocenters. The quantitative estimate of drug-likeness (QED) is 0.468. The zero-order valence-electron chi connectivity index (χ0n) is 13.0. The average Bonchev–Trinajstić information content (AvgIpc) is 2.60. The van der Waals surface area contributed by atoms with Gasteiger partial charge in [-0.05, 0) is 36.2 Å². The van der Waals surface area contributed by atoms with Crippen molar-refractivity contribution in [3.63, 3.8) is 0 Å². The Kier molecular flexibility index (Phi) is 6.51. The average molecular weight is 382 g/mol. The molecule has 1 atom stereocenters. The summed E-state index contributed by atoms with van der Waals surface area (Å²) in [5.41, 5.74) is 4.90. The second-order valence-electron chi connectivity index (χ2n) is 5.07. The van der Waals surface area contributed by atoms with Gasteiger partial charge in [-0.1, -0.05) is 41.9 Å². The highest BCUT2D eigenvalue weighted by Crippen LogP contribution is 2.15. The van der Waals surface area contributed by atoms with Crippen molar-refractivity contribution < 1.29 is 18.0 Å². The molecule has 0 heterocycles. The van der Waals surface area contributed by atoms with Gasteiger partial charge in [-0.25, -0.2) is 8.42 Å². The largest absolute Gasteiger partial charge is 0.277 e. The monoisotopic (exact) mass is 381 g/mol. The maximum absolute atomic E-state index is 12.5. The lowest BCUT2D eigenvalue weighted by Crippen LogP contribution is -2.51. The molecule has 3 N–H and O–H groups in total. The van der Waals surface area contributed by atoms with E-state index in [2.05, 4.69) is 10.1 Å². The molecule has 0 saturated carbocycles. The van der Waals surface area contributed by atoms with Crippen LogP contribution in [-0.2, 0) is 26.0 Å². The van der Waals surface area contributed by atoms with Crippen molar-refractivity contribution in [3.05, 3.63) is 65.2 Å². The predicted octanol–water partition coefficient (Wildman–Crippen LogP) is 1.01. The number of sulfonamides is 1. The SMILES string of the molecule is O=CNNC(=O)C(Cc1ccccc1)NS(=O)(=O)c1ccc(Cl)cc1. The first kappa shape index (κ1) is 18.9. The third kappa shape index (κ3) is 5.56. The van der Waals surface area contributed by atoms with Gasteiger partial charge >= 0.3 is 0 Å².